The lowest BCUT2D eigenvalue weighted by molar-refractivity contribution is -0.140. The van der Waals surface area contributed by atoms with E-state index < -0.39 is 0 Å². The van der Waals surface area contributed by atoms with Gasteiger partial charge in [-0.2, -0.15) is 0 Å². The van der Waals surface area contributed by atoms with Crippen molar-refractivity contribution in [1.29, 1.82) is 0 Å². The normalized spacial score (nSPS) is 17.9. The number of carbonyl (C=O) groups excluding carboxylic acids is 1. The Morgan fingerprint density at radius 1 is 1.20 bits per heavy atom. The molecule has 0 saturated carbocycles. The number of rotatable bonds is 4. The molecule has 20 heavy (non-hydrogen) atoms. The molecule has 1 fully saturated rings. The van der Waals surface area contributed by atoms with E-state index in [4.69, 9.17) is 4.74 Å². The molecule has 0 unspecified atom stereocenters. The maximum Gasteiger partial charge on any atom is 0.263 e. The van der Waals surface area contributed by atoms with E-state index in [0.717, 1.165) is 31.9 Å². The van der Waals surface area contributed by atoms with Gasteiger partial charge in [0.15, 0.2) is 6.10 Å². The van der Waals surface area contributed by atoms with Crippen molar-refractivity contribution in [2.24, 2.45) is 0 Å². The fraction of sp³-hybridized carbons (Fsp3) is 0.562. The fourth-order valence-corrected chi connectivity index (χ4v) is 2.32. The van der Waals surface area contributed by atoms with Crippen LogP contribution in [0.15, 0.2) is 24.3 Å². The van der Waals surface area contributed by atoms with Crippen molar-refractivity contribution in [2.75, 3.05) is 33.2 Å². The van der Waals surface area contributed by atoms with Crippen LogP contribution >= 0.6 is 0 Å². The summed E-state index contributed by atoms with van der Waals surface area (Å²) in [7, 11) is 2.09. The van der Waals surface area contributed by atoms with Gasteiger partial charge in [-0.25, -0.2) is 0 Å². The predicted octanol–water partition coefficient (Wildman–Crippen LogP) is 1.93. The van der Waals surface area contributed by atoms with Gasteiger partial charge in [0.1, 0.15) is 5.75 Å². The number of piperazine rings is 1. The lowest BCUT2D eigenvalue weighted by atomic mass is 10.2. The molecule has 1 aliphatic rings. The van der Waals surface area contributed by atoms with Crippen LogP contribution in [-0.2, 0) is 4.79 Å². The Kier molecular flexibility index (Phi) is 5.01. The molecular weight excluding hydrogens is 252 g/mol. The first-order chi connectivity index (χ1) is 9.60. The molecule has 0 N–H and O–H groups in total. The average Bonchev–Trinajstić information content (AvgIpc) is 2.47. The van der Waals surface area contributed by atoms with Crippen molar-refractivity contribution >= 4 is 5.91 Å². The van der Waals surface area contributed by atoms with E-state index in [0.29, 0.717) is 6.42 Å². The van der Waals surface area contributed by atoms with Crippen molar-refractivity contribution in [3.63, 3.8) is 0 Å². The molecule has 1 amide bonds. The molecule has 1 aromatic carbocycles. The molecule has 0 spiro atoms. The lowest BCUT2D eigenvalue weighted by Gasteiger charge is -2.34. The van der Waals surface area contributed by atoms with Crippen molar-refractivity contribution in [2.45, 2.75) is 26.4 Å². The molecule has 110 valence electrons. The Morgan fingerprint density at radius 2 is 1.80 bits per heavy atom. The maximum atomic E-state index is 12.5. The minimum absolute atomic E-state index is 0.112. The van der Waals surface area contributed by atoms with Crippen molar-refractivity contribution in [3.05, 3.63) is 29.8 Å². The van der Waals surface area contributed by atoms with Gasteiger partial charge in [-0.15, -0.1) is 0 Å². The van der Waals surface area contributed by atoms with Crippen LogP contribution in [0.5, 0.6) is 5.75 Å². The Labute approximate surface area is 121 Å². The second-order valence-corrected chi connectivity index (χ2v) is 5.46. The van der Waals surface area contributed by atoms with Gasteiger partial charge < -0.3 is 14.5 Å². The first kappa shape index (κ1) is 14.9. The number of amides is 1. The summed E-state index contributed by atoms with van der Waals surface area (Å²) in [4.78, 5) is 16.7. The third-order valence-corrected chi connectivity index (χ3v) is 3.76. The third kappa shape index (κ3) is 3.73. The SMILES string of the molecule is CC[C@@H](Oc1ccc(C)cc1)C(=O)N1CCN(C)CC1. The van der Waals surface area contributed by atoms with Gasteiger partial charge in [0.05, 0.1) is 0 Å². The van der Waals surface area contributed by atoms with E-state index in [9.17, 15) is 4.79 Å². The van der Waals surface area contributed by atoms with Crippen molar-refractivity contribution < 1.29 is 9.53 Å². The van der Waals surface area contributed by atoms with Crippen LogP contribution in [0.25, 0.3) is 0 Å². The molecule has 0 aliphatic carbocycles. The van der Waals surface area contributed by atoms with Crippen LogP contribution in [0.2, 0.25) is 0 Å². The number of aryl methyl sites for hydroxylation is 1. The maximum absolute atomic E-state index is 12.5. The summed E-state index contributed by atoms with van der Waals surface area (Å²) in [6, 6.07) is 7.86. The van der Waals surface area contributed by atoms with Crippen LogP contribution < -0.4 is 4.74 Å². The highest BCUT2D eigenvalue weighted by atomic mass is 16.5. The van der Waals surface area contributed by atoms with Gasteiger partial charge in [-0.3, -0.25) is 4.79 Å². The van der Waals surface area contributed by atoms with Crippen LogP contribution in [0.1, 0.15) is 18.9 Å². The molecule has 0 radical (unpaired) electrons. The molecule has 0 bridgehead atoms. The van der Waals surface area contributed by atoms with E-state index in [1.54, 1.807) is 0 Å². The van der Waals surface area contributed by atoms with Crippen LogP contribution in [0, 0.1) is 6.92 Å². The van der Waals surface area contributed by atoms with Crippen LogP contribution in [-0.4, -0.2) is 55.0 Å². The third-order valence-electron chi connectivity index (χ3n) is 3.76. The molecule has 1 atom stereocenters. The Morgan fingerprint density at radius 3 is 2.35 bits per heavy atom. The fourth-order valence-electron chi connectivity index (χ4n) is 2.32. The van der Waals surface area contributed by atoms with Gasteiger partial charge in [0, 0.05) is 26.2 Å². The zero-order chi connectivity index (χ0) is 14.5. The van der Waals surface area contributed by atoms with E-state index >= 15 is 0 Å². The van der Waals surface area contributed by atoms with Crippen molar-refractivity contribution in [1.82, 2.24) is 9.80 Å². The molecule has 4 nitrogen and oxygen atoms in total. The number of hydrogen-bond donors (Lipinski definition) is 0. The molecule has 1 heterocycles. The lowest BCUT2D eigenvalue weighted by Crippen LogP contribution is -2.51. The number of likely N-dealkylation sites (N-methyl/N-ethyl adjacent to an activating group) is 1. The van der Waals surface area contributed by atoms with Gasteiger partial charge in [-0.1, -0.05) is 24.6 Å². The van der Waals surface area contributed by atoms with Crippen LogP contribution in [0.3, 0.4) is 0 Å². The zero-order valence-corrected chi connectivity index (χ0v) is 12.6. The summed E-state index contributed by atoms with van der Waals surface area (Å²) in [5.41, 5.74) is 1.19. The molecule has 1 saturated heterocycles. The second-order valence-electron chi connectivity index (χ2n) is 5.46. The standard InChI is InChI=1S/C16H24N2O2/c1-4-15(20-14-7-5-13(2)6-8-14)16(19)18-11-9-17(3)10-12-18/h5-8,15H,4,9-12H2,1-3H3/t15-/m1/s1. The van der Waals surface area contributed by atoms with Gasteiger partial charge in [0.25, 0.3) is 5.91 Å². The number of hydrogen-bond acceptors (Lipinski definition) is 3. The smallest absolute Gasteiger partial charge is 0.263 e. The summed E-state index contributed by atoms with van der Waals surface area (Å²) in [5.74, 6) is 0.881. The quantitative estimate of drug-likeness (QED) is 0.842. The van der Waals surface area contributed by atoms with Crippen molar-refractivity contribution in [3.8, 4) is 5.75 Å². The number of nitrogens with zero attached hydrogens (tertiary/aromatic N) is 2. The number of ether oxygens (including phenoxy) is 1. The minimum Gasteiger partial charge on any atom is -0.481 e. The molecular formula is C16H24N2O2. The average molecular weight is 276 g/mol. The summed E-state index contributed by atoms with van der Waals surface area (Å²) in [6.45, 7) is 7.49. The second kappa shape index (κ2) is 6.75. The zero-order valence-electron chi connectivity index (χ0n) is 12.6. The highest BCUT2D eigenvalue weighted by Gasteiger charge is 2.26. The molecule has 1 aromatic rings. The minimum atomic E-state index is -0.374. The molecule has 1 aliphatic heterocycles. The monoisotopic (exact) mass is 276 g/mol. The van der Waals surface area contributed by atoms with E-state index in [-0.39, 0.29) is 12.0 Å². The topological polar surface area (TPSA) is 32.8 Å². The highest BCUT2D eigenvalue weighted by molar-refractivity contribution is 5.81. The summed E-state index contributed by atoms with van der Waals surface area (Å²) < 4.78 is 5.86. The largest absolute Gasteiger partial charge is 0.481 e. The van der Waals surface area contributed by atoms with E-state index in [1.165, 1.54) is 5.56 Å². The molecule has 0 aromatic heterocycles. The summed E-state index contributed by atoms with van der Waals surface area (Å²) in [5, 5.41) is 0. The Bertz CT molecular complexity index is 436. The number of benzene rings is 1. The first-order valence-corrected chi connectivity index (χ1v) is 7.31. The predicted molar refractivity (Wildman–Crippen MR) is 80.0 cm³/mol. The highest BCUT2D eigenvalue weighted by Crippen LogP contribution is 2.16. The summed E-state index contributed by atoms with van der Waals surface area (Å²) >= 11 is 0. The van der Waals surface area contributed by atoms with Crippen LogP contribution in [0.4, 0.5) is 0 Å². The molecule has 2 rings (SSSR count). The first-order valence-electron chi connectivity index (χ1n) is 7.31. The molecule has 4 heteroatoms. The van der Waals surface area contributed by atoms with Gasteiger partial charge in [-0.05, 0) is 32.5 Å². The Balaban J connectivity index is 1.97. The van der Waals surface area contributed by atoms with E-state index in [2.05, 4.69) is 11.9 Å². The van der Waals surface area contributed by atoms with E-state index in [1.807, 2.05) is 43.0 Å². The Hall–Kier alpha value is -1.55. The summed E-state index contributed by atoms with van der Waals surface area (Å²) in [6.07, 6.45) is 0.320. The van der Waals surface area contributed by atoms with Gasteiger partial charge in [0.2, 0.25) is 0 Å². The van der Waals surface area contributed by atoms with Gasteiger partial charge >= 0.3 is 0 Å². The number of carbonyl (C=O) groups is 1.